The van der Waals surface area contributed by atoms with Crippen molar-refractivity contribution < 1.29 is 4.74 Å². The van der Waals surface area contributed by atoms with Gasteiger partial charge in [-0.05, 0) is 26.3 Å². The molecule has 1 aliphatic heterocycles. The molecule has 5 nitrogen and oxygen atoms in total. The van der Waals surface area contributed by atoms with Crippen LogP contribution in [0.25, 0.3) is 0 Å². The molecule has 5 heteroatoms. The lowest BCUT2D eigenvalue weighted by atomic mass is 10.1. The first-order valence-electron chi connectivity index (χ1n) is 6.04. The average molecular weight is 236 g/mol. The maximum Gasteiger partial charge on any atom is 0.228 e. The predicted octanol–water partition coefficient (Wildman–Crippen LogP) is 0.982. The van der Waals surface area contributed by atoms with E-state index in [9.17, 15) is 0 Å². The molecule has 0 amide bonds. The predicted molar refractivity (Wildman–Crippen MR) is 67.6 cm³/mol. The molecule has 0 aromatic carbocycles. The summed E-state index contributed by atoms with van der Waals surface area (Å²) < 4.78 is 5.18. The van der Waals surface area contributed by atoms with Gasteiger partial charge in [0.2, 0.25) is 11.8 Å². The van der Waals surface area contributed by atoms with Crippen LogP contribution in [0.15, 0.2) is 6.07 Å². The molecule has 0 spiro atoms. The highest BCUT2D eigenvalue weighted by Crippen LogP contribution is 2.18. The molecule has 1 aliphatic rings. The highest BCUT2D eigenvalue weighted by Gasteiger charge is 2.20. The maximum atomic E-state index is 5.18. The Hall–Kier alpha value is -1.36. The number of nitrogens with zero attached hydrogens (tertiary/aromatic N) is 3. The van der Waals surface area contributed by atoms with Gasteiger partial charge < -0.3 is 15.0 Å². The molecule has 1 fully saturated rings. The van der Waals surface area contributed by atoms with Gasteiger partial charge in [-0.2, -0.15) is 4.98 Å². The van der Waals surface area contributed by atoms with Crippen LogP contribution in [0.4, 0.5) is 5.95 Å². The molecule has 1 saturated heterocycles. The summed E-state index contributed by atoms with van der Waals surface area (Å²) in [5.41, 5.74) is 0.933. The van der Waals surface area contributed by atoms with Crippen LogP contribution >= 0.6 is 0 Å². The van der Waals surface area contributed by atoms with Gasteiger partial charge in [-0.3, -0.25) is 0 Å². The van der Waals surface area contributed by atoms with Crippen molar-refractivity contribution in [2.45, 2.75) is 25.8 Å². The van der Waals surface area contributed by atoms with Crippen LogP contribution in [-0.2, 0) is 0 Å². The van der Waals surface area contributed by atoms with Gasteiger partial charge in [-0.1, -0.05) is 0 Å². The van der Waals surface area contributed by atoms with Crippen LogP contribution in [0.2, 0.25) is 0 Å². The Morgan fingerprint density at radius 1 is 1.47 bits per heavy atom. The van der Waals surface area contributed by atoms with Crippen molar-refractivity contribution in [2.24, 2.45) is 0 Å². The Balaban J connectivity index is 2.17. The van der Waals surface area contributed by atoms with Crippen molar-refractivity contribution in [1.82, 2.24) is 15.3 Å². The van der Waals surface area contributed by atoms with E-state index < -0.39 is 0 Å². The first kappa shape index (κ1) is 12.1. The standard InChI is InChI=1S/C12H20N4O/c1-9-7-11(17-3)15-12(14-9)16(2)10-5-4-6-13-8-10/h7,10,13H,4-6,8H2,1-3H3. The van der Waals surface area contributed by atoms with Gasteiger partial charge in [0.15, 0.2) is 0 Å². The number of nitrogens with one attached hydrogen (secondary N) is 1. The second-order valence-corrected chi connectivity index (χ2v) is 4.46. The van der Waals surface area contributed by atoms with Crippen molar-refractivity contribution in [3.63, 3.8) is 0 Å². The Labute approximate surface area is 102 Å². The fraction of sp³-hybridized carbons (Fsp3) is 0.667. The normalized spacial score (nSPS) is 20.1. The molecule has 0 saturated carbocycles. The lowest BCUT2D eigenvalue weighted by Crippen LogP contribution is -2.44. The van der Waals surface area contributed by atoms with Gasteiger partial charge in [0.25, 0.3) is 0 Å². The summed E-state index contributed by atoms with van der Waals surface area (Å²) in [6.07, 6.45) is 2.39. The lowest BCUT2D eigenvalue weighted by molar-refractivity contribution is 0.393. The summed E-state index contributed by atoms with van der Waals surface area (Å²) in [4.78, 5) is 11.0. The van der Waals surface area contributed by atoms with E-state index in [0.717, 1.165) is 24.7 Å². The van der Waals surface area contributed by atoms with E-state index in [1.54, 1.807) is 7.11 Å². The minimum Gasteiger partial charge on any atom is -0.481 e. The third-order valence-corrected chi connectivity index (χ3v) is 3.16. The molecule has 1 N–H and O–H groups in total. The van der Waals surface area contributed by atoms with E-state index >= 15 is 0 Å². The SMILES string of the molecule is COc1cc(C)nc(N(C)C2CCCNC2)n1. The Morgan fingerprint density at radius 3 is 2.94 bits per heavy atom. The smallest absolute Gasteiger partial charge is 0.228 e. The minimum absolute atomic E-state index is 0.468. The fourth-order valence-electron chi connectivity index (χ4n) is 2.11. The van der Waals surface area contributed by atoms with Crippen LogP contribution in [0, 0.1) is 6.92 Å². The topological polar surface area (TPSA) is 50.3 Å². The van der Waals surface area contributed by atoms with Crippen LogP contribution in [0.5, 0.6) is 5.88 Å². The summed E-state index contributed by atoms with van der Waals surface area (Å²) in [5.74, 6) is 1.37. The summed E-state index contributed by atoms with van der Waals surface area (Å²) >= 11 is 0. The van der Waals surface area contributed by atoms with E-state index in [0.29, 0.717) is 11.9 Å². The summed E-state index contributed by atoms with van der Waals surface area (Å²) in [5, 5.41) is 3.40. The lowest BCUT2D eigenvalue weighted by Gasteiger charge is -2.31. The van der Waals surface area contributed by atoms with E-state index in [2.05, 4.69) is 20.2 Å². The summed E-state index contributed by atoms with van der Waals surface area (Å²) in [6, 6.07) is 2.31. The van der Waals surface area contributed by atoms with Gasteiger partial charge in [-0.25, -0.2) is 4.98 Å². The zero-order valence-corrected chi connectivity index (χ0v) is 10.7. The van der Waals surface area contributed by atoms with Gasteiger partial charge in [0.05, 0.1) is 7.11 Å². The molecular weight excluding hydrogens is 216 g/mol. The van der Waals surface area contributed by atoms with E-state index in [-0.39, 0.29) is 0 Å². The number of ether oxygens (including phenoxy) is 1. The molecule has 1 aromatic rings. The molecule has 2 rings (SSSR count). The second-order valence-electron chi connectivity index (χ2n) is 4.46. The summed E-state index contributed by atoms with van der Waals surface area (Å²) in [7, 11) is 3.68. The van der Waals surface area contributed by atoms with Crippen LogP contribution < -0.4 is 15.0 Å². The third kappa shape index (κ3) is 2.85. The number of rotatable bonds is 3. The number of methoxy groups -OCH3 is 1. The minimum atomic E-state index is 0.468. The van der Waals surface area contributed by atoms with E-state index in [4.69, 9.17) is 4.74 Å². The number of piperidine rings is 1. The van der Waals surface area contributed by atoms with Gasteiger partial charge in [0.1, 0.15) is 0 Å². The number of aryl methyl sites for hydroxylation is 1. The zero-order valence-electron chi connectivity index (χ0n) is 10.7. The molecule has 94 valence electrons. The van der Waals surface area contributed by atoms with Crippen molar-refractivity contribution in [1.29, 1.82) is 0 Å². The first-order chi connectivity index (χ1) is 8.20. The van der Waals surface area contributed by atoms with Crippen molar-refractivity contribution in [3.05, 3.63) is 11.8 Å². The molecule has 0 bridgehead atoms. The molecule has 2 heterocycles. The number of likely N-dealkylation sites (N-methyl/N-ethyl adjacent to an activating group) is 1. The first-order valence-corrected chi connectivity index (χ1v) is 6.04. The molecule has 17 heavy (non-hydrogen) atoms. The quantitative estimate of drug-likeness (QED) is 0.848. The van der Waals surface area contributed by atoms with E-state index in [1.165, 1.54) is 12.8 Å². The highest BCUT2D eigenvalue weighted by molar-refractivity contribution is 5.34. The number of hydrogen-bond acceptors (Lipinski definition) is 5. The molecule has 0 radical (unpaired) electrons. The molecular formula is C12H20N4O. The Bertz CT molecular complexity index is 377. The van der Waals surface area contributed by atoms with Gasteiger partial charge >= 0.3 is 0 Å². The van der Waals surface area contributed by atoms with Crippen molar-refractivity contribution in [2.75, 3.05) is 32.1 Å². The summed E-state index contributed by atoms with van der Waals surface area (Å²) in [6.45, 7) is 4.07. The van der Waals surface area contributed by atoms with Crippen LogP contribution in [-0.4, -0.2) is 43.3 Å². The van der Waals surface area contributed by atoms with Crippen molar-refractivity contribution >= 4 is 5.95 Å². The number of aromatic nitrogens is 2. The van der Waals surface area contributed by atoms with Crippen molar-refractivity contribution in [3.8, 4) is 5.88 Å². The number of anilines is 1. The average Bonchev–Trinajstić information content (AvgIpc) is 2.38. The third-order valence-electron chi connectivity index (χ3n) is 3.16. The van der Waals surface area contributed by atoms with E-state index in [1.807, 2.05) is 20.0 Å². The molecule has 1 atom stereocenters. The Morgan fingerprint density at radius 2 is 2.29 bits per heavy atom. The van der Waals surface area contributed by atoms with Gasteiger partial charge in [0, 0.05) is 31.4 Å². The second kappa shape index (κ2) is 5.31. The molecule has 1 aromatic heterocycles. The Kier molecular flexibility index (Phi) is 3.78. The largest absolute Gasteiger partial charge is 0.481 e. The van der Waals surface area contributed by atoms with Gasteiger partial charge in [-0.15, -0.1) is 0 Å². The molecule has 0 aliphatic carbocycles. The molecule has 1 unspecified atom stereocenters. The zero-order chi connectivity index (χ0) is 12.3. The number of hydrogen-bond donors (Lipinski definition) is 1. The maximum absolute atomic E-state index is 5.18. The fourth-order valence-corrected chi connectivity index (χ4v) is 2.11. The van der Waals surface area contributed by atoms with Crippen LogP contribution in [0.3, 0.4) is 0 Å². The monoisotopic (exact) mass is 236 g/mol. The van der Waals surface area contributed by atoms with Crippen LogP contribution in [0.1, 0.15) is 18.5 Å². The highest BCUT2D eigenvalue weighted by atomic mass is 16.5.